The predicted molar refractivity (Wildman–Crippen MR) is 74.9 cm³/mol. The second kappa shape index (κ2) is 6.25. The highest BCUT2D eigenvalue weighted by molar-refractivity contribution is 6.30. The lowest BCUT2D eigenvalue weighted by Gasteiger charge is -2.18. The first-order valence-corrected chi connectivity index (χ1v) is 6.84. The maximum atomic E-state index is 12.6. The molecule has 20 heavy (non-hydrogen) atoms. The van der Waals surface area contributed by atoms with E-state index in [1.807, 2.05) is 6.92 Å². The van der Waals surface area contributed by atoms with Crippen molar-refractivity contribution in [2.24, 2.45) is 5.92 Å². The Morgan fingerprint density at radius 3 is 2.90 bits per heavy atom. The number of benzene rings is 1. The Kier molecular flexibility index (Phi) is 4.64. The van der Waals surface area contributed by atoms with Crippen molar-refractivity contribution in [3.8, 4) is 11.8 Å². The molecular formula is C15H16ClNO3. The first-order chi connectivity index (χ1) is 9.58. The predicted octanol–water partition coefficient (Wildman–Crippen LogP) is 2.95. The van der Waals surface area contributed by atoms with E-state index in [0.29, 0.717) is 29.4 Å². The van der Waals surface area contributed by atoms with E-state index >= 15 is 0 Å². The van der Waals surface area contributed by atoms with Crippen LogP contribution in [0.5, 0.6) is 5.75 Å². The van der Waals surface area contributed by atoms with E-state index in [2.05, 4.69) is 6.07 Å². The van der Waals surface area contributed by atoms with Gasteiger partial charge in [-0.05, 0) is 31.5 Å². The van der Waals surface area contributed by atoms with Gasteiger partial charge in [0.25, 0.3) is 0 Å². The van der Waals surface area contributed by atoms with Crippen molar-refractivity contribution in [2.75, 3.05) is 13.7 Å². The van der Waals surface area contributed by atoms with Crippen molar-refractivity contribution in [1.29, 1.82) is 5.26 Å². The Balaban J connectivity index is 2.35. The number of hydrogen-bond donors (Lipinski definition) is 0. The van der Waals surface area contributed by atoms with Crippen molar-refractivity contribution >= 4 is 17.4 Å². The summed E-state index contributed by atoms with van der Waals surface area (Å²) in [7, 11) is 1.51. The highest BCUT2D eigenvalue weighted by atomic mass is 35.5. The number of rotatable bonds is 4. The number of halogens is 1. The number of carbonyl (C=O) groups is 1. The van der Waals surface area contributed by atoms with Crippen LogP contribution >= 0.6 is 11.6 Å². The highest BCUT2D eigenvalue weighted by Crippen LogP contribution is 2.34. The molecule has 0 saturated carbocycles. The van der Waals surface area contributed by atoms with Gasteiger partial charge < -0.3 is 9.47 Å². The van der Waals surface area contributed by atoms with Gasteiger partial charge in [-0.3, -0.25) is 4.79 Å². The minimum atomic E-state index is -0.877. The molecule has 3 atom stereocenters. The van der Waals surface area contributed by atoms with Gasteiger partial charge in [0.2, 0.25) is 0 Å². The van der Waals surface area contributed by atoms with Gasteiger partial charge in [0.1, 0.15) is 11.7 Å². The molecule has 1 heterocycles. The molecule has 1 saturated heterocycles. The number of ether oxygens (including phenoxy) is 2. The van der Waals surface area contributed by atoms with Crippen LogP contribution in [0, 0.1) is 17.2 Å². The van der Waals surface area contributed by atoms with E-state index in [9.17, 15) is 10.1 Å². The van der Waals surface area contributed by atoms with E-state index < -0.39 is 5.92 Å². The Bertz CT molecular complexity index is 553. The van der Waals surface area contributed by atoms with Crippen LogP contribution < -0.4 is 4.74 Å². The Labute approximate surface area is 123 Å². The van der Waals surface area contributed by atoms with Gasteiger partial charge in [-0.25, -0.2) is 0 Å². The van der Waals surface area contributed by atoms with Crippen molar-refractivity contribution in [2.45, 2.75) is 25.4 Å². The molecule has 1 aliphatic heterocycles. The molecule has 1 fully saturated rings. The molecule has 1 aliphatic rings. The number of carbonyl (C=O) groups excluding carboxylic acids is 1. The van der Waals surface area contributed by atoms with Crippen LogP contribution in [0.2, 0.25) is 5.02 Å². The monoisotopic (exact) mass is 293 g/mol. The van der Waals surface area contributed by atoms with Crippen LogP contribution in [-0.2, 0) is 9.53 Å². The molecule has 3 unspecified atom stereocenters. The average molecular weight is 294 g/mol. The zero-order valence-electron chi connectivity index (χ0n) is 11.4. The lowest BCUT2D eigenvalue weighted by Crippen LogP contribution is -2.26. The number of ketones is 1. The summed E-state index contributed by atoms with van der Waals surface area (Å²) in [4.78, 5) is 12.6. The van der Waals surface area contributed by atoms with Crippen molar-refractivity contribution < 1.29 is 14.3 Å². The van der Waals surface area contributed by atoms with Crippen LogP contribution in [-0.4, -0.2) is 25.6 Å². The van der Waals surface area contributed by atoms with Crippen molar-refractivity contribution in [3.05, 3.63) is 28.8 Å². The lowest BCUT2D eigenvalue weighted by molar-refractivity contribution is -0.124. The van der Waals surface area contributed by atoms with Gasteiger partial charge in [0.15, 0.2) is 5.78 Å². The first-order valence-electron chi connectivity index (χ1n) is 6.47. The van der Waals surface area contributed by atoms with E-state index in [-0.39, 0.29) is 17.8 Å². The molecule has 1 aromatic carbocycles. The van der Waals surface area contributed by atoms with Gasteiger partial charge in [-0.15, -0.1) is 0 Å². The zero-order chi connectivity index (χ0) is 14.7. The summed E-state index contributed by atoms with van der Waals surface area (Å²) in [6, 6.07) is 7.03. The fourth-order valence-electron chi connectivity index (χ4n) is 2.54. The SMILES string of the molecule is COc1ccc(Cl)cc1C(C#N)C(=O)C1CCOC1C. The summed E-state index contributed by atoms with van der Waals surface area (Å²) in [5.74, 6) is -0.750. The Morgan fingerprint density at radius 2 is 2.35 bits per heavy atom. The maximum Gasteiger partial charge on any atom is 0.160 e. The zero-order valence-corrected chi connectivity index (χ0v) is 12.2. The van der Waals surface area contributed by atoms with E-state index in [0.717, 1.165) is 0 Å². The summed E-state index contributed by atoms with van der Waals surface area (Å²) in [5.41, 5.74) is 0.520. The highest BCUT2D eigenvalue weighted by Gasteiger charge is 2.36. The normalized spacial score (nSPS) is 23.1. The number of methoxy groups -OCH3 is 1. The molecule has 2 rings (SSSR count). The molecule has 1 aromatic rings. The molecule has 0 bridgehead atoms. The molecule has 0 spiro atoms. The second-order valence-corrected chi connectivity index (χ2v) is 5.26. The van der Waals surface area contributed by atoms with Gasteiger partial charge in [0, 0.05) is 23.1 Å². The lowest BCUT2D eigenvalue weighted by atomic mass is 9.85. The number of nitrogens with zero attached hydrogens (tertiary/aromatic N) is 1. The second-order valence-electron chi connectivity index (χ2n) is 4.82. The molecule has 5 heteroatoms. The molecule has 106 valence electrons. The van der Waals surface area contributed by atoms with Gasteiger partial charge >= 0.3 is 0 Å². The van der Waals surface area contributed by atoms with Gasteiger partial charge in [0.05, 0.1) is 19.3 Å². The fraction of sp³-hybridized carbons (Fsp3) is 0.467. The molecular weight excluding hydrogens is 278 g/mol. The minimum Gasteiger partial charge on any atom is -0.496 e. The van der Waals surface area contributed by atoms with Crippen LogP contribution in [0.3, 0.4) is 0 Å². The van der Waals surface area contributed by atoms with E-state index in [1.54, 1.807) is 18.2 Å². The summed E-state index contributed by atoms with van der Waals surface area (Å²) < 4.78 is 10.6. The molecule has 0 amide bonds. The quantitative estimate of drug-likeness (QED) is 0.856. The van der Waals surface area contributed by atoms with Crippen LogP contribution in [0.4, 0.5) is 0 Å². The summed E-state index contributed by atoms with van der Waals surface area (Å²) in [6.45, 7) is 2.42. The maximum absolute atomic E-state index is 12.6. The standard InChI is InChI=1S/C15H16ClNO3/c1-9-11(5-6-20-9)15(18)13(8-17)12-7-10(16)3-4-14(12)19-2/h3-4,7,9,11,13H,5-6H2,1-2H3. The topological polar surface area (TPSA) is 59.3 Å². The molecule has 0 aliphatic carbocycles. The third-order valence-corrected chi connectivity index (χ3v) is 3.89. The third-order valence-electron chi connectivity index (χ3n) is 3.66. The Hall–Kier alpha value is -1.57. The van der Waals surface area contributed by atoms with E-state index in [4.69, 9.17) is 21.1 Å². The summed E-state index contributed by atoms with van der Waals surface area (Å²) in [5, 5.41) is 9.87. The first kappa shape index (κ1) is 14.8. The van der Waals surface area contributed by atoms with Gasteiger partial charge in [-0.2, -0.15) is 5.26 Å². The number of nitriles is 1. The molecule has 0 radical (unpaired) electrons. The van der Waals surface area contributed by atoms with Crippen LogP contribution in [0.25, 0.3) is 0 Å². The third kappa shape index (κ3) is 2.79. The van der Waals surface area contributed by atoms with Crippen molar-refractivity contribution in [3.63, 3.8) is 0 Å². The summed E-state index contributed by atoms with van der Waals surface area (Å²) in [6.07, 6.45) is 0.504. The molecule has 0 aromatic heterocycles. The van der Waals surface area contributed by atoms with Gasteiger partial charge in [-0.1, -0.05) is 11.6 Å². The average Bonchev–Trinajstić information content (AvgIpc) is 2.86. The summed E-state index contributed by atoms with van der Waals surface area (Å²) >= 11 is 5.97. The Morgan fingerprint density at radius 1 is 1.60 bits per heavy atom. The van der Waals surface area contributed by atoms with Crippen LogP contribution in [0.15, 0.2) is 18.2 Å². The largest absolute Gasteiger partial charge is 0.496 e. The minimum absolute atomic E-state index is 0.127. The van der Waals surface area contributed by atoms with E-state index in [1.165, 1.54) is 7.11 Å². The number of Topliss-reactive ketones (excluding diaryl/α,β-unsaturated/α-hetero) is 1. The van der Waals surface area contributed by atoms with Crippen molar-refractivity contribution in [1.82, 2.24) is 0 Å². The number of hydrogen-bond acceptors (Lipinski definition) is 4. The molecule has 0 N–H and O–H groups in total. The smallest absolute Gasteiger partial charge is 0.160 e. The molecule has 4 nitrogen and oxygen atoms in total. The van der Waals surface area contributed by atoms with Crippen LogP contribution in [0.1, 0.15) is 24.8 Å². The fourth-order valence-corrected chi connectivity index (χ4v) is 2.72.